The van der Waals surface area contributed by atoms with Crippen LogP contribution in [0.5, 0.6) is 0 Å². The average Bonchev–Trinajstić information content (AvgIpc) is 3.28. The molecular formula is C21H23N5O2. The zero-order valence-electron chi connectivity index (χ0n) is 15.6. The van der Waals surface area contributed by atoms with Gasteiger partial charge in [0.15, 0.2) is 0 Å². The Labute approximate surface area is 162 Å². The van der Waals surface area contributed by atoms with Crippen molar-refractivity contribution < 1.29 is 4.79 Å². The topological polar surface area (TPSA) is 92.7 Å². The highest BCUT2D eigenvalue weighted by atomic mass is 16.2. The van der Waals surface area contributed by atoms with Crippen molar-refractivity contribution in [3.8, 4) is 5.95 Å². The number of nitrogens with zero attached hydrogens (tertiary/aromatic N) is 3. The van der Waals surface area contributed by atoms with Gasteiger partial charge in [-0.25, -0.2) is 9.67 Å². The van der Waals surface area contributed by atoms with Gasteiger partial charge in [0.25, 0.3) is 11.5 Å². The molecule has 1 fully saturated rings. The van der Waals surface area contributed by atoms with Crippen LogP contribution in [0.2, 0.25) is 0 Å². The summed E-state index contributed by atoms with van der Waals surface area (Å²) in [6.07, 6.45) is 8.57. The summed E-state index contributed by atoms with van der Waals surface area (Å²) < 4.78 is 1.51. The molecule has 0 aliphatic heterocycles. The van der Waals surface area contributed by atoms with Crippen LogP contribution in [0.15, 0.2) is 53.6 Å². The minimum Gasteiger partial charge on any atom is -0.348 e. The van der Waals surface area contributed by atoms with Gasteiger partial charge in [-0.15, -0.1) is 0 Å². The third kappa shape index (κ3) is 3.88. The number of hydrogen-bond acceptors (Lipinski definition) is 4. The maximum Gasteiger partial charge on any atom is 0.265 e. The van der Waals surface area contributed by atoms with E-state index in [2.05, 4.69) is 20.4 Å². The highest BCUT2D eigenvalue weighted by Crippen LogP contribution is 2.32. The third-order valence-electron chi connectivity index (χ3n) is 5.17. The van der Waals surface area contributed by atoms with Gasteiger partial charge in [-0.05, 0) is 24.5 Å². The van der Waals surface area contributed by atoms with E-state index >= 15 is 0 Å². The fourth-order valence-corrected chi connectivity index (χ4v) is 3.74. The largest absolute Gasteiger partial charge is 0.348 e. The van der Waals surface area contributed by atoms with Crippen molar-refractivity contribution >= 4 is 5.91 Å². The SMILES string of the molecule is O=C(NCc1ccccc1)c1c(C2CCCCC2)nc(-n2cccn2)[nH]c1=O. The second-order valence-corrected chi connectivity index (χ2v) is 7.10. The fraction of sp³-hybridized carbons (Fsp3) is 0.333. The number of nitrogens with one attached hydrogen (secondary N) is 2. The van der Waals surface area contributed by atoms with Crippen LogP contribution in [0.1, 0.15) is 59.6 Å². The molecule has 1 saturated carbocycles. The van der Waals surface area contributed by atoms with Crippen molar-refractivity contribution in [1.82, 2.24) is 25.1 Å². The Morgan fingerprint density at radius 1 is 1.14 bits per heavy atom. The molecule has 0 spiro atoms. The van der Waals surface area contributed by atoms with Crippen LogP contribution in [0, 0.1) is 0 Å². The van der Waals surface area contributed by atoms with E-state index in [1.807, 2.05) is 30.3 Å². The molecule has 1 aliphatic rings. The molecule has 7 heteroatoms. The number of aromatic amines is 1. The summed E-state index contributed by atoms with van der Waals surface area (Å²) >= 11 is 0. The van der Waals surface area contributed by atoms with E-state index in [4.69, 9.17) is 0 Å². The van der Waals surface area contributed by atoms with E-state index in [0.717, 1.165) is 31.2 Å². The number of carbonyl (C=O) groups excluding carboxylic acids is 1. The molecule has 7 nitrogen and oxygen atoms in total. The van der Waals surface area contributed by atoms with Crippen molar-refractivity contribution in [3.05, 3.63) is 76.0 Å². The molecule has 4 rings (SSSR count). The summed E-state index contributed by atoms with van der Waals surface area (Å²) in [4.78, 5) is 33.1. The molecule has 28 heavy (non-hydrogen) atoms. The van der Waals surface area contributed by atoms with Crippen LogP contribution in [-0.4, -0.2) is 25.7 Å². The predicted octanol–water partition coefficient (Wildman–Crippen LogP) is 2.93. The highest BCUT2D eigenvalue weighted by Gasteiger charge is 2.27. The smallest absolute Gasteiger partial charge is 0.265 e. The fourth-order valence-electron chi connectivity index (χ4n) is 3.74. The number of carbonyl (C=O) groups is 1. The van der Waals surface area contributed by atoms with Gasteiger partial charge in [-0.1, -0.05) is 49.6 Å². The van der Waals surface area contributed by atoms with Crippen molar-refractivity contribution in [1.29, 1.82) is 0 Å². The second kappa shape index (κ2) is 8.21. The first-order chi connectivity index (χ1) is 13.7. The van der Waals surface area contributed by atoms with Gasteiger partial charge in [0.05, 0.1) is 5.69 Å². The minimum absolute atomic E-state index is 0.114. The lowest BCUT2D eigenvalue weighted by Crippen LogP contribution is -2.33. The zero-order chi connectivity index (χ0) is 19.3. The maximum atomic E-state index is 12.9. The van der Waals surface area contributed by atoms with E-state index in [-0.39, 0.29) is 17.4 Å². The zero-order valence-corrected chi connectivity index (χ0v) is 15.6. The molecule has 0 saturated heterocycles. The van der Waals surface area contributed by atoms with Crippen molar-refractivity contribution in [3.63, 3.8) is 0 Å². The van der Waals surface area contributed by atoms with Gasteiger partial charge in [0.2, 0.25) is 5.95 Å². The Bertz CT molecular complexity index is 989. The van der Waals surface area contributed by atoms with Crippen molar-refractivity contribution in [2.75, 3.05) is 0 Å². The number of aromatic nitrogens is 4. The minimum atomic E-state index is -0.424. The maximum absolute atomic E-state index is 12.9. The first-order valence-corrected chi connectivity index (χ1v) is 9.69. The summed E-state index contributed by atoms with van der Waals surface area (Å²) in [5, 5.41) is 7.02. The molecule has 2 aromatic heterocycles. The van der Waals surface area contributed by atoms with Crippen LogP contribution >= 0.6 is 0 Å². The number of H-pyrrole nitrogens is 1. The Morgan fingerprint density at radius 3 is 2.64 bits per heavy atom. The van der Waals surface area contributed by atoms with Crippen LogP contribution in [0.3, 0.4) is 0 Å². The summed E-state index contributed by atoms with van der Waals surface area (Å²) in [5.74, 6) is 0.0724. The Hall–Kier alpha value is -3.22. The normalized spacial score (nSPS) is 14.7. The molecule has 3 aromatic rings. The van der Waals surface area contributed by atoms with E-state index < -0.39 is 5.56 Å². The van der Waals surface area contributed by atoms with Gasteiger partial charge in [0, 0.05) is 24.9 Å². The van der Waals surface area contributed by atoms with Crippen LogP contribution < -0.4 is 10.9 Å². The van der Waals surface area contributed by atoms with Crippen molar-refractivity contribution in [2.45, 2.75) is 44.6 Å². The summed E-state index contributed by atoms with van der Waals surface area (Å²) in [6, 6.07) is 11.4. The number of benzene rings is 1. The molecule has 2 heterocycles. The first-order valence-electron chi connectivity index (χ1n) is 9.69. The Kier molecular flexibility index (Phi) is 5.32. The van der Waals surface area contributed by atoms with Crippen LogP contribution in [0.25, 0.3) is 5.95 Å². The number of amides is 1. The highest BCUT2D eigenvalue weighted by molar-refractivity contribution is 5.95. The van der Waals surface area contributed by atoms with Gasteiger partial charge < -0.3 is 5.32 Å². The predicted molar refractivity (Wildman–Crippen MR) is 105 cm³/mol. The van der Waals surface area contributed by atoms with Gasteiger partial charge >= 0.3 is 0 Å². The van der Waals surface area contributed by atoms with Gasteiger partial charge in [-0.2, -0.15) is 5.10 Å². The lowest BCUT2D eigenvalue weighted by atomic mass is 9.85. The second-order valence-electron chi connectivity index (χ2n) is 7.10. The first kappa shape index (κ1) is 18.2. The number of hydrogen-bond donors (Lipinski definition) is 2. The van der Waals surface area contributed by atoms with Gasteiger partial charge in [0.1, 0.15) is 5.56 Å². The van der Waals surface area contributed by atoms with Crippen LogP contribution in [0.4, 0.5) is 0 Å². The standard InChI is InChI=1S/C21H23N5O2/c27-19(22-14-15-8-3-1-4-9-15)17-18(16-10-5-2-6-11-16)24-21(25-20(17)28)26-13-7-12-23-26/h1,3-4,7-9,12-13,16H,2,5-6,10-11,14H2,(H,22,27)(H,24,25,28). The average molecular weight is 377 g/mol. The van der Waals surface area contributed by atoms with Crippen molar-refractivity contribution in [2.24, 2.45) is 0 Å². The summed E-state index contributed by atoms with van der Waals surface area (Å²) in [7, 11) is 0. The Morgan fingerprint density at radius 2 is 1.93 bits per heavy atom. The summed E-state index contributed by atoms with van der Waals surface area (Å²) in [5.41, 5.74) is 1.26. The molecule has 1 amide bonds. The van der Waals surface area contributed by atoms with Crippen LogP contribution in [-0.2, 0) is 6.54 Å². The number of rotatable bonds is 5. The summed E-state index contributed by atoms with van der Waals surface area (Å²) in [6.45, 7) is 0.365. The lowest BCUT2D eigenvalue weighted by Gasteiger charge is -2.23. The van der Waals surface area contributed by atoms with E-state index in [1.54, 1.807) is 18.5 Å². The van der Waals surface area contributed by atoms with E-state index in [0.29, 0.717) is 18.2 Å². The molecule has 1 aliphatic carbocycles. The molecule has 144 valence electrons. The van der Waals surface area contributed by atoms with Gasteiger partial charge in [-0.3, -0.25) is 14.6 Å². The third-order valence-corrected chi connectivity index (χ3v) is 5.17. The molecule has 0 bridgehead atoms. The molecule has 0 radical (unpaired) electrons. The monoisotopic (exact) mass is 377 g/mol. The molecular weight excluding hydrogens is 354 g/mol. The van der Waals surface area contributed by atoms with E-state index in [1.165, 1.54) is 11.1 Å². The molecule has 0 unspecified atom stereocenters. The molecule has 1 aromatic carbocycles. The molecule has 2 N–H and O–H groups in total. The molecule has 0 atom stereocenters. The Balaban J connectivity index is 1.68. The van der Waals surface area contributed by atoms with E-state index in [9.17, 15) is 9.59 Å². The lowest BCUT2D eigenvalue weighted by molar-refractivity contribution is 0.0947. The quantitative estimate of drug-likeness (QED) is 0.715.